The molecule has 0 saturated carbocycles. The molecule has 0 spiro atoms. The van der Waals surface area contributed by atoms with Gasteiger partial charge in [-0.15, -0.1) is 0 Å². The van der Waals surface area contributed by atoms with Gasteiger partial charge in [0.25, 0.3) is 0 Å². The molecule has 1 aromatic heterocycles. The summed E-state index contributed by atoms with van der Waals surface area (Å²) < 4.78 is 0.975. The van der Waals surface area contributed by atoms with Gasteiger partial charge in [-0.25, -0.2) is 0 Å². The second kappa shape index (κ2) is 5.35. The van der Waals surface area contributed by atoms with Gasteiger partial charge in [-0.1, -0.05) is 28.1 Å². The van der Waals surface area contributed by atoms with Gasteiger partial charge in [0.2, 0.25) is 5.91 Å². The Hall–Kier alpha value is -1.62. The highest BCUT2D eigenvalue weighted by molar-refractivity contribution is 9.10. The number of aromatic amines is 1. The van der Waals surface area contributed by atoms with Crippen LogP contribution in [-0.2, 0) is 11.2 Å². The van der Waals surface area contributed by atoms with Gasteiger partial charge in [0.15, 0.2) is 0 Å². The highest BCUT2D eigenvalue weighted by Crippen LogP contribution is 2.17. The molecule has 1 aromatic carbocycles. The number of anilines is 1. The number of nitrogens with zero attached hydrogens (tertiary/aromatic N) is 1. The molecule has 2 N–H and O–H groups in total. The van der Waals surface area contributed by atoms with Crippen molar-refractivity contribution in [1.82, 2.24) is 10.2 Å². The van der Waals surface area contributed by atoms with E-state index in [0.29, 0.717) is 6.42 Å². The van der Waals surface area contributed by atoms with Crippen LogP contribution in [0, 0.1) is 13.8 Å². The molecule has 0 bridgehead atoms. The summed E-state index contributed by atoms with van der Waals surface area (Å²) in [6.45, 7) is 3.74. The highest BCUT2D eigenvalue weighted by atomic mass is 79.9. The number of benzene rings is 1. The maximum atomic E-state index is 11.9. The fourth-order valence-corrected chi connectivity index (χ4v) is 2.20. The zero-order valence-corrected chi connectivity index (χ0v) is 11.8. The molecule has 0 saturated heterocycles. The molecule has 0 aliphatic rings. The Balaban J connectivity index is 2.06. The Kier molecular flexibility index (Phi) is 3.81. The third kappa shape index (κ3) is 2.98. The number of halogens is 1. The second-order valence-electron chi connectivity index (χ2n) is 4.16. The van der Waals surface area contributed by atoms with Crippen LogP contribution in [0.15, 0.2) is 28.7 Å². The number of aryl methyl sites for hydroxylation is 2. The Morgan fingerprint density at radius 3 is 2.83 bits per heavy atom. The van der Waals surface area contributed by atoms with Crippen molar-refractivity contribution in [2.45, 2.75) is 20.3 Å². The number of H-pyrrole nitrogens is 1. The molecule has 0 fully saturated rings. The first-order chi connectivity index (χ1) is 8.56. The quantitative estimate of drug-likeness (QED) is 0.916. The first kappa shape index (κ1) is 12.8. The maximum absolute atomic E-state index is 11.9. The summed E-state index contributed by atoms with van der Waals surface area (Å²) in [5, 5.41) is 9.76. The van der Waals surface area contributed by atoms with Crippen molar-refractivity contribution >= 4 is 27.5 Å². The van der Waals surface area contributed by atoms with E-state index in [1.165, 1.54) is 0 Å². The van der Waals surface area contributed by atoms with Crippen molar-refractivity contribution < 1.29 is 4.79 Å². The van der Waals surface area contributed by atoms with Gasteiger partial charge in [0.05, 0.1) is 23.5 Å². The standard InChI is InChI=1S/C13H14BrN3O/c1-8-13(9(2)17-16-8)15-12(18)7-10-4-3-5-11(14)6-10/h3-6H,7H2,1-2H3,(H,15,18)(H,16,17). The van der Waals surface area contributed by atoms with Crippen LogP contribution in [0.25, 0.3) is 0 Å². The van der Waals surface area contributed by atoms with Crippen molar-refractivity contribution in [1.29, 1.82) is 0 Å². The molecule has 0 aliphatic carbocycles. The molecule has 1 heterocycles. The van der Waals surface area contributed by atoms with Crippen molar-refractivity contribution in [3.05, 3.63) is 45.7 Å². The van der Waals surface area contributed by atoms with Gasteiger partial charge >= 0.3 is 0 Å². The third-order valence-corrected chi connectivity index (χ3v) is 3.14. The van der Waals surface area contributed by atoms with Crippen molar-refractivity contribution in [3.63, 3.8) is 0 Å². The summed E-state index contributed by atoms with van der Waals surface area (Å²) in [6.07, 6.45) is 0.351. The van der Waals surface area contributed by atoms with Gasteiger partial charge in [-0.3, -0.25) is 9.89 Å². The maximum Gasteiger partial charge on any atom is 0.228 e. The van der Waals surface area contributed by atoms with Crippen molar-refractivity contribution in [2.75, 3.05) is 5.32 Å². The minimum absolute atomic E-state index is 0.0410. The van der Waals surface area contributed by atoms with E-state index in [9.17, 15) is 4.79 Å². The molecule has 5 heteroatoms. The van der Waals surface area contributed by atoms with Crippen molar-refractivity contribution in [3.8, 4) is 0 Å². The average Bonchev–Trinajstić information content (AvgIpc) is 2.61. The lowest BCUT2D eigenvalue weighted by atomic mass is 10.1. The molecular formula is C13H14BrN3O. The van der Waals surface area contributed by atoms with Crippen LogP contribution < -0.4 is 5.32 Å². The van der Waals surface area contributed by atoms with E-state index in [1.54, 1.807) is 0 Å². The SMILES string of the molecule is Cc1n[nH]c(C)c1NC(=O)Cc1cccc(Br)c1. The van der Waals surface area contributed by atoms with Crippen molar-refractivity contribution in [2.24, 2.45) is 0 Å². The molecular weight excluding hydrogens is 294 g/mol. The summed E-state index contributed by atoms with van der Waals surface area (Å²) >= 11 is 3.39. The lowest BCUT2D eigenvalue weighted by Crippen LogP contribution is -2.15. The third-order valence-electron chi connectivity index (χ3n) is 2.65. The van der Waals surface area contributed by atoms with Crippen LogP contribution in [-0.4, -0.2) is 16.1 Å². The number of nitrogens with one attached hydrogen (secondary N) is 2. The fraction of sp³-hybridized carbons (Fsp3) is 0.231. The summed E-state index contributed by atoms with van der Waals surface area (Å²) in [4.78, 5) is 11.9. The summed E-state index contributed by atoms with van der Waals surface area (Å²) in [5.74, 6) is -0.0410. The molecule has 2 rings (SSSR count). The molecule has 0 radical (unpaired) electrons. The first-order valence-corrected chi connectivity index (χ1v) is 6.41. The lowest BCUT2D eigenvalue weighted by Gasteiger charge is -2.05. The highest BCUT2D eigenvalue weighted by Gasteiger charge is 2.10. The smallest absolute Gasteiger partial charge is 0.228 e. The van der Waals surface area contributed by atoms with E-state index in [-0.39, 0.29) is 5.91 Å². The predicted octanol–water partition coefficient (Wildman–Crippen LogP) is 2.97. The molecule has 94 valence electrons. The van der Waals surface area contributed by atoms with Crippen LogP contribution in [0.5, 0.6) is 0 Å². The number of amides is 1. The van der Waals surface area contributed by atoms with Gasteiger partial charge in [-0.05, 0) is 31.5 Å². The fourth-order valence-electron chi connectivity index (χ4n) is 1.75. The first-order valence-electron chi connectivity index (χ1n) is 5.62. The monoisotopic (exact) mass is 307 g/mol. The van der Waals surface area contributed by atoms with Crippen LogP contribution in [0.3, 0.4) is 0 Å². The minimum atomic E-state index is -0.0410. The van der Waals surface area contributed by atoms with Gasteiger partial charge in [0.1, 0.15) is 0 Å². The Bertz CT molecular complexity index is 558. The number of rotatable bonds is 3. The van der Waals surface area contributed by atoms with Crippen LogP contribution >= 0.6 is 15.9 Å². The molecule has 1 amide bonds. The van der Waals surface area contributed by atoms with E-state index >= 15 is 0 Å². The van der Waals surface area contributed by atoms with E-state index < -0.39 is 0 Å². The van der Waals surface area contributed by atoms with E-state index in [4.69, 9.17) is 0 Å². The van der Waals surface area contributed by atoms with Gasteiger partial charge in [0, 0.05) is 4.47 Å². The predicted molar refractivity (Wildman–Crippen MR) is 74.5 cm³/mol. The van der Waals surface area contributed by atoms with Crippen LogP contribution in [0.4, 0.5) is 5.69 Å². The molecule has 0 aliphatic heterocycles. The molecule has 0 atom stereocenters. The van der Waals surface area contributed by atoms with E-state index in [1.807, 2.05) is 38.1 Å². The normalized spacial score (nSPS) is 10.4. The summed E-state index contributed by atoms with van der Waals surface area (Å²) in [7, 11) is 0. The largest absolute Gasteiger partial charge is 0.323 e. The Labute approximate surface area is 114 Å². The molecule has 2 aromatic rings. The lowest BCUT2D eigenvalue weighted by molar-refractivity contribution is -0.115. The number of hydrogen-bond donors (Lipinski definition) is 2. The molecule has 4 nitrogen and oxygen atoms in total. The van der Waals surface area contributed by atoms with Crippen LogP contribution in [0.1, 0.15) is 17.0 Å². The van der Waals surface area contributed by atoms with E-state index in [0.717, 1.165) is 27.1 Å². The second-order valence-corrected chi connectivity index (χ2v) is 5.08. The van der Waals surface area contributed by atoms with Crippen LogP contribution in [0.2, 0.25) is 0 Å². The topological polar surface area (TPSA) is 57.8 Å². The Morgan fingerprint density at radius 1 is 1.44 bits per heavy atom. The molecule has 18 heavy (non-hydrogen) atoms. The van der Waals surface area contributed by atoms with E-state index in [2.05, 4.69) is 31.4 Å². The number of carbonyl (C=O) groups is 1. The van der Waals surface area contributed by atoms with Gasteiger partial charge in [-0.2, -0.15) is 5.10 Å². The van der Waals surface area contributed by atoms with Gasteiger partial charge < -0.3 is 5.32 Å². The number of hydrogen-bond acceptors (Lipinski definition) is 2. The summed E-state index contributed by atoms with van der Waals surface area (Å²) in [5.41, 5.74) is 3.42. The number of aromatic nitrogens is 2. The average molecular weight is 308 g/mol. The molecule has 0 unspecified atom stereocenters. The number of carbonyl (C=O) groups excluding carboxylic acids is 1. The zero-order valence-electron chi connectivity index (χ0n) is 10.2. The Morgan fingerprint density at radius 2 is 2.22 bits per heavy atom. The zero-order chi connectivity index (χ0) is 13.1. The minimum Gasteiger partial charge on any atom is -0.323 e. The summed E-state index contributed by atoms with van der Waals surface area (Å²) in [6, 6.07) is 7.72.